The van der Waals surface area contributed by atoms with Crippen LogP contribution in [-0.2, 0) is 4.57 Å². The first-order valence-corrected chi connectivity index (χ1v) is 15.5. The summed E-state index contributed by atoms with van der Waals surface area (Å²) in [5, 5.41) is 8.61. The Morgan fingerprint density at radius 2 is 1.00 bits per heavy atom. The number of hydrogen-bond donors (Lipinski definition) is 3. The van der Waals surface area contributed by atoms with Crippen LogP contribution >= 0.6 is 7.60 Å². The lowest BCUT2D eigenvalue weighted by molar-refractivity contribution is -0.875. The number of likely N-dealkylation sites (N-methyl/N-ethyl adjacent to an activating group) is 1. The van der Waals surface area contributed by atoms with Gasteiger partial charge in [0.05, 0.1) is 21.1 Å². The van der Waals surface area contributed by atoms with Gasteiger partial charge in [-0.1, -0.05) is 82.6 Å². The van der Waals surface area contributed by atoms with E-state index >= 15 is 0 Å². The van der Waals surface area contributed by atoms with Gasteiger partial charge >= 0.3 is 7.60 Å². The van der Waals surface area contributed by atoms with Crippen molar-refractivity contribution < 1.29 is 23.9 Å². The Balaban J connectivity index is 3.61. The molecule has 0 saturated heterocycles. The van der Waals surface area contributed by atoms with Gasteiger partial charge < -0.3 is 19.4 Å². The van der Waals surface area contributed by atoms with Gasteiger partial charge in [-0.05, 0) is 64.2 Å². The Kier molecular flexibility index (Phi) is 19.4. The van der Waals surface area contributed by atoms with E-state index in [1.165, 1.54) is 83.5 Å². The van der Waals surface area contributed by atoms with Crippen LogP contribution in [-0.4, -0.2) is 52.4 Å². The summed E-state index contributed by atoms with van der Waals surface area (Å²) < 4.78 is 12.1. The van der Waals surface area contributed by atoms with Gasteiger partial charge in [0.25, 0.3) is 0 Å². The molecule has 0 spiro atoms. The Bertz CT molecular complexity index is 579. The molecule has 0 bridgehead atoms. The van der Waals surface area contributed by atoms with Gasteiger partial charge in [-0.2, -0.15) is 0 Å². The predicted molar refractivity (Wildman–Crippen MR) is 147 cm³/mol. The minimum Gasteiger partial charge on any atom is -0.373 e. The van der Waals surface area contributed by atoms with Crippen molar-refractivity contribution in [2.75, 3.05) is 27.7 Å². The van der Waals surface area contributed by atoms with Crippen LogP contribution in [0.25, 0.3) is 0 Å². The topological polar surface area (TPSA) is 77.8 Å². The fourth-order valence-corrected chi connectivity index (χ4v) is 5.37. The summed E-state index contributed by atoms with van der Waals surface area (Å²) in [7, 11) is 0.936. The first-order valence-electron chi connectivity index (χ1n) is 13.9. The Morgan fingerprint density at radius 1 is 0.647 bits per heavy atom. The van der Waals surface area contributed by atoms with Crippen molar-refractivity contribution >= 4 is 7.60 Å². The predicted octanol–water partition coefficient (Wildman–Crippen LogP) is 7.71. The van der Waals surface area contributed by atoms with Crippen molar-refractivity contribution in [3.05, 3.63) is 24.3 Å². The number of rotatable bonds is 23. The molecule has 0 saturated carbocycles. The molecule has 0 amide bonds. The standard InChI is InChI=1S/C28H56NO4P/c1-5-6-7-8-9-10-11-12-13-14-15-16-17-18-19-20-21-22-23-24-25-26-28(30,34(31,32)33)27-29(2,3)4/h10-11,21-22,30H,5-9,12-20,23-27H2,1-4H3,(H-,31,32,33)/p+1/b11-10-,22-21-. The highest BCUT2D eigenvalue weighted by atomic mass is 31.2. The number of nitrogens with zero attached hydrogens (tertiary/aromatic N) is 1. The molecule has 0 aliphatic heterocycles. The third-order valence-electron chi connectivity index (χ3n) is 6.27. The number of aliphatic hydroxyl groups is 1. The second-order valence-corrected chi connectivity index (χ2v) is 13.0. The third kappa shape index (κ3) is 19.8. The summed E-state index contributed by atoms with van der Waals surface area (Å²) >= 11 is 0. The van der Waals surface area contributed by atoms with E-state index in [0.29, 0.717) is 10.9 Å². The quantitative estimate of drug-likeness (QED) is 0.0578. The largest absolute Gasteiger partial charge is 0.373 e. The van der Waals surface area contributed by atoms with Crippen LogP contribution in [0.4, 0.5) is 0 Å². The average Bonchev–Trinajstić information content (AvgIpc) is 2.73. The number of allylic oxidation sites excluding steroid dienone is 4. The van der Waals surface area contributed by atoms with E-state index in [1.54, 1.807) is 0 Å². The molecule has 6 heteroatoms. The minimum atomic E-state index is -4.56. The molecule has 0 aromatic carbocycles. The zero-order valence-corrected chi connectivity index (χ0v) is 23.8. The highest BCUT2D eigenvalue weighted by Crippen LogP contribution is 2.52. The summed E-state index contributed by atoms with van der Waals surface area (Å²) in [5.41, 5.74) is 0. The monoisotopic (exact) mass is 502 g/mol. The molecule has 0 heterocycles. The number of hydrogen-bond acceptors (Lipinski definition) is 2. The first-order chi connectivity index (χ1) is 16.0. The van der Waals surface area contributed by atoms with E-state index in [0.717, 1.165) is 19.3 Å². The van der Waals surface area contributed by atoms with Crippen LogP contribution in [0, 0.1) is 0 Å². The van der Waals surface area contributed by atoms with Gasteiger partial charge in [-0.15, -0.1) is 0 Å². The molecule has 0 fully saturated rings. The lowest BCUT2D eigenvalue weighted by Crippen LogP contribution is -2.49. The summed E-state index contributed by atoms with van der Waals surface area (Å²) in [6, 6.07) is 0. The fraction of sp³-hybridized carbons (Fsp3) is 0.857. The van der Waals surface area contributed by atoms with Gasteiger partial charge in [0.1, 0.15) is 6.54 Å². The van der Waals surface area contributed by atoms with Crippen molar-refractivity contribution in [3.8, 4) is 0 Å². The highest BCUT2D eigenvalue weighted by Gasteiger charge is 2.48. The van der Waals surface area contributed by atoms with Crippen LogP contribution in [0.5, 0.6) is 0 Å². The molecule has 1 unspecified atom stereocenters. The van der Waals surface area contributed by atoms with E-state index in [4.69, 9.17) is 0 Å². The molecule has 202 valence electrons. The summed E-state index contributed by atoms with van der Waals surface area (Å²) in [6.07, 6.45) is 29.9. The maximum atomic E-state index is 11.8. The third-order valence-corrected chi connectivity index (χ3v) is 7.72. The van der Waals surface area contributed by atoms with Crippen LogP contribution in [0.15, 0.2) is 24.3 Å². The van der Waals surface area contributed by atoms with Gasteiger partial charge in [0.2, 0.25) is 5.34 Å². The van der Waals surface area contributed by atoms with Crippen molar-refractivity contribution in [2.24, 2.45) is 0 Å². The molecule has 5 nitrogen and oxygen atoms in total. The molecule has 1 atom stereocenters. The normalized spacial score (nSPS) is 14.9. The van der Waals surface area contributed by atoms with Crippen LogP contribution < -0.4 is 0 Å². The lowest BCUT2D eigenvalue weighted by atomic mass is 10.1. The van der Waals surface area contributed by atoms with Gasteiger partial charge in [0, 0.05) is 0 Å². The second-order valence-electron chi connectivity index (χ2n) is 11.1. The summed E-state index contributed by atoms with van der Waals surface area (Å²) in [4.78, 5) is 19.2. The lowest BCUT2D eigenvalue weighted by Gasteiger charge is -2.35. The highest BCUT2D eigenvalue weighted by molar-refractivity contribution is 7.53. The summed E-state index contributed by atoms with van der Waals surface area (Å²) in [5.74, 6) is 0. The zero-order valence-electron chi connectivity index (χ0n) is 22.9. The van der Waals surface area contributed by atoms with Crippen LogP contribution in [0.1, 0.15) is 122 Å². The molecule has 0 aliphatic rings. The van der Waals surface area contributed by atoms with Gasteiger partial charge in [-0.25, -0.2) is 0 Å². The first kappa shape index (κ1) is 33.5. The molecule has 0 aromatic rings. The average molecular weight is 503 g/mol. The molecular formula is C28H57NO4P+. The van der Waals surface area contributed by atoms with E-state index in [2.05, 4.69) is 31.2 Å². The minimum absolute atomic E-state index is 0.0450. The Hall–Kier alpha value is -0.450. The Labute approximate surface area is 211 Å². The molecule has 0 aromatic heterocycles. The van der Waals surface area contributed by atoms with Crippen molar-refractivity contribution in [3.63, 3.8) is 0 Å². The molecule has 0 rings (SSSR count). The van der Waals surface area contributed by atoms with E-state index in [1.807, 2.05) is 21.1 Å². The zero-order chi connectivity index (χ0) is 25.8. The van der Waals surface area contributed by atoms with E-state index in [9.17, 15) is 19.5 Å². The second kappa shape index (κ2) is 19.7. The molecule has 3 N–H and O–H groups in total. The maximum absolute atomic E-state index is 11.8. The van der Waals surface area contributed by atoms with Crippen LogP contribution in [0.2, 0.25) is 0 Å². The van der Waals surface area contributed by atoms with Crippen molar-refractivity contribution in [2.45, 2.75) is 128 Å². The Morgan fingerprint density at radius 3 is 1.35 bits per heavy atom. The fourth-order valence-electron chi connectivity index (χ4n) is 4.32. The molecular weight excluding hydrogens is 445 g/mol. The number of quaternary nitrogens is 1. The van der Waals surface area contributed by atoms with Gasteiger partial charge in [-0.3, -0.25) is 4.57 Å². The molecule has 0 aliphatic carbocycles. The van der Waals surface area contributed by atoms with Crippen molar-refractivity contribution in [1.82, 2.24) is 0 Å². The van der Waals surface area contributed by atoms with E-state index < -0.39 is 12.9 Å². The SMILES string of the molecule is CCCCCC/C=C\CCCCCCCCC/C=C\CCCCC(O)(C[N+](C)(C)C)P(=O)(O)O. The van der Waals surface area contributed by atoms with Crippen molar-refractivity contribution in [1.29, 1.82) is 0 Å². The summed E-state index contributed by atoms with van der Waals surface area (Å²) in [6.45, 7) is 2.30. The smallest absolute Gasteiger partial charge is 0.362 e. The van der Waals surface area contributed by atoms with Crippen LogP contribution in [0.3, 0.4) is 0 Å². The number of unbranched alkanes of at least 4 members (excludes halogenated alkanes) is 14. The maximum Gasteiger partial charge on any atom is 0.362 e. The van der Waals surface area contributed by atoms with Gasteiger partial charge in [0.15, 0.2) is 0 Å². The molecule has 34 heavy (non-hydrogen) atoms. The molecule has 0 radical (unpaired) electrons. The van der Waals surface area contributed by atoms with E-state index in [-0.39, 0.29) is 13.0 Å².